The number of methoxy groups -OCH3 is 1. The average Bonchev–Trinajstić information content (AvgIpc) is 2.73. The van der Waals surface area contributed by atoms with Gasteiger partial charge in [0, 0.05) is 31.9 Å². The van der Waals surface area contributed by atoms with E-state index >= 15 is 0 Å². The first-order valence-electron chi connectivity index (χ1n) is 9.20. The predicted molar refractivity (Wildman–Crippen MR) is 113 cm³/mol. The minimum Gasteiger partial charge on any atom is -0.497 e. The number of hydrogen-bond donors (Lipinski definition) is 2. The number of likely N-dealkylation sites (N-methyl/N-ethyl adjacent to an activating group) is 1. The first-order valence-corrected chi connectivity index (χ1v) is 9.20. The number of pyridine rings is 1. The number of nitrogens with zero attached hydrogens (tertiary/aromatic N) is 4. The van der Waals surface area contributed by atoms with Crippen molar-refractivity contribution in [3.05, 3.63) is 60.3 Å². The van der Waals surface area contributed by atoms with Crippen molar-refractivity contribution in [2.45, 2.75) is 6.54 Å². The fourth-order valence-electron chi connectivity index (χ4n) is 2.63. The molecule has 0 spiro atoms. The standard InChI is InChI=1S/C21H26N6O/c1-27(2)12-11-23-21-25-19(18-9-4-5-10-22-18)14-20(26-21)24-15-16-7-6-8-17(13-16)28-3/h4-10,13-14H,11-12,15H2,1-3H3,(H2,23,24,25,26). The summed E-state index contributed by atoms with van der Waals surface area (Å²) < 4.78 is 5.29. The molecule has 0 amide bonds. The molecular formula is C21H26N6O. The smallest absolute Gasteiger partial charge is 0.225 e. The van der Waals surface area contributed by atoms with E-state index < -0.39 is 0 Å². The molecule has 0 aliphatic carbocycles. The molecule has 3 aromatic rings. The second-order valence-corrected chi connectivity index (χ2v) is 6.61. The van der Waals surface area contributed by atoms with Gasteiger partial charge in [0.15, 0.2) is 0 Å². The highest BCUT2D eigenvalue weighted by Crippen LogP contribution is 2.20. The van der Waals surface area contributed by atoms with Gasteiger partial charge in [-0.2, -0.15) is 4.98 Å². The molecule has 0 fully saturated rings. The van der Waals surface area contributed by atoms with E-state index in [0.717, 1.165) is 41.6 Å². The van der Waals surface area contributed by atoms with Crippen LogP contribution in [0.3, 0.4) is 0 Å². The minimum atomic E-state index is 0.582. The molecule has 0 saturated heterocycles. The van der Waals surface area contributed by atoms with E-state index in [2.05, 4.69) is 30.5 Å². The van der Waals surface area contributed by atoms with Crippen LogP contribution in [-0.4, -0.2) is 54.1 Å². The number of hydrogen-bond acceptors (Lipinski definition) is 7. The van der Waals surface area contributed by atoms with Crippen LogP contribution < -0.4 is 15.4 Å². The third-order valence-electron chi connectivity index (χ3n) is 4.10. The van der Waals surface area contributed by atoms with Crippen LogP contribution in [0, 0.1) is 0 Å². The number of nitrogens with one attached hydrogen (secondary N) is 2. The Labute approximate surface area is 165 Å². The number of rotatable bonds is 9. The van der Waals surface area contributed by atoms with Crippen LogP contribution in [0.1, 0.15) is 5.56 Å². The molecule has 1 aromatic carbocycles. The first-order chi connectivity index (χ1) is 13.6. The molecule has 28 heavy (non-hydrogen) atoms. The molecule has 7 heteroatoms. The van der Waals surface area contributed by atoms with Crippen molar-refractivity contribution in [1.82, 2.24) is 19.9 Å². The molecule has 2 aromatic heterocycles. The van der Waals surface area contributed by atoms with Gasteiger partial charge in [-0.25, -0.2) is 4.98 Å². The molecule has 0 radical (unpaired) electrons. The molecule has 0 aliphatic heterocycles. The van der Waals surface area contributed by atoms with Gasteiger partial charge in [-0.1, -0.05) is 18.2 Å². The third-order valence-corrected chi connectivity index (χ3v) is 4.10. The van der Waals surface area contributed by atoms with Crippen LogP contribution in [0.25, 0.3) is 11.4 Å². The minimum absolute atomic E-state index is 0.582. The molecule has 0 saturated carbocycles. The van der Waals surface area contributed by atoms with Crippen molar-refractivity contribution in [1.29, 1.82) is 0 Å². The zero-order chi connectivity index (χ0) is 19.8. The summed E-state index contributed by atoms with van der Waals surface area (Å²) >= 11 is 0. The highest BCUT2D eigenvalue weighted by Gasteiger charge is 2.08. The molecule has 0 atom stereocenters. The Kier molecular flexibility index (Phi) is 6.75. The van der Waals surface area contributed by atoms with Crippen LogP contribution in [0.4, 0.5) is 11.8 Å². The lowest BCUT2D eigenvalue weighted by Gasteiger charge is -2.13. The summed E-state index contributed by atoms with van der Waals surface area (Å²) in [5.74, 6) is 2.16. The second-order valence-electron chi connectivity index (χ2n) is 6.61. The molecule has 146 valence electrons. The van der Waals surface area contributed by atoms with Crippen LogP contribution in [0.5, 0.6) is 5.75 Å². The second kappa shape index (κ2) is 9.66. The quantitative estimate of drug-likeness (QED) is 0.592. The van der Waals surface area contributed by atoms with E-state index in [9.17, 15) is 0 Å². The molecule has 7 nitrogen and oxygen atoms in total. The van der Waals surface area contributed by atoms with Gasteiger partial charge in [0.25, 0.3) is 0 Å². The summed E-state index contributed by atoms with van der Waals surface area (Å²) in [6.07, 6.45) is 1.76. The van der Waals surface area contributed by atoms with Crippen LogP contribution >= 0.6 is 0 Å². The number of ether oxygens (including phenoxy) is 1. The van der Waals surface area contributed by atoms with Crippen LogP contribution in [-0.2, 0) is 6.54 Å². The maximum atomic E-state index is 5.29. The van der Waals surface area contributed by atoms with Crippen molar-refractivity contribution in [2.24, 2.45) is 0 Å². The maximum Gasteiger partial charge on any atom is 0.225 e. The van der Waals surface area contributed by atoms with E-state index in [-0.39, 0.29) is 0 Å². The van der Waals surface area contributed by atoms with Crippen molar-refractivity contribution in [3.8, 4) is 17.1 Å². The van der Waals surface area contributed by atoms with E-state index in [1.807, 2.05) is 62.6 Å². The molecule has 2 N–H and O–H groups in total. The van der Waals surface area contributed by atoms with Crippen molar-refractivity contribution < 1.29 is 4.74 Å². The van der Waals surface area contributed by atoms with Crippen molar-refractivity contribution in [3.63, 3.8) is 0 Å². The number of aromatic nitrogens is 3. The Morgan fingerprint density at radius 1 is 0.964 bits per heavy atom. The van der Waals surface area contributed by atoms with Gasteiger partial charge in [-0.3, -0.25) is 4.98 Å². The van der Waals surface area contributed by atoms with Gasteiger partial charge in [-0.15, -0.1) is 0 Å². The third kappa shape index (κ3) is 5.65. The zero-order valence-electron chi connectivity index (χ0n) is 16.5. The average molecular weight is 378 g/mol. The Morgan fingerprint density at radius 3 is 2.61 bits per heavy atom. The van der Waals surface area contributed by atoms with Gasteiger partial charge in [0.2, 0.25) is 5.95 Å². The van der Waals surface area contributed by atoms with Gasteiger partial charge in [-0.05, 0) is 43.9 Å². The SMILES string of the molecule is COc1cccc(CNc2cc(-c3ccccn3)nc(NCCN(C)C)n2)c1. The fourth-order valence-corrected chi connectivity index (χ4v) is 2.63. The predicted octanol–water partition coefficient (Wildman–Crippen LogP) is 3.13. The highest BCUT2D eigenvalue weighted by molar-refractivity contribution is 5.61. The van der Waals surface area contributed by atoms with Gasteiger partial charge < -0.3 is 20.3 Å². The highest BCUT2D eigenvalue weighted by atomic mass is 16.5. The maximum absolute atomic E-state index is 5.29. The topological polar surface area (TPSA) is 75.2 Å². The normalized spacial score (nSPS) is 10.7. The Morgan fingerprint density at radius 2 is 1.86 bits per heavy atom. The Balaban J connectivity index is 1.79. The zero-order valence-corrected chi connectivity index (χ0v) is 16.5. The lowest BCUT2D eigenvalue weighted by Crippen LogP contribution is -2.21. The fraction of sp³-hybridized carbons (Fsp3) is 0.286. The number of anilines is 2. The summed E-state index contributed by atoms with van der Waals surface area (Å²) in [4.78, 5) is 15.7. The summed E-state index contributed by atoms with van der Waals surface area (Å²) in [6, 6.07) is 15.7. The summed E-state index contributed by atoms with van der Waals surface area (Å²) in [7, 11) is 5.74. The Hall–Kier alpha value is -3.19. The van der Waals surface area contributed by atoms with Crippen LogP contribution in [0.2, 0.25) is 0 Å². The van der Waals surface area contributed by atoms with E-state index in [1.54, 1.807) is 13.3 Å². The van der Waals surface area contributed by atoms with Crippen LogP contribution in [0.15, 0.2) is 54.7 Å². The summed E-state index contributed by atoms with van der Waals surface area (Å²) in [6.45, 7) is 2.28. The van der Waals surface area contributed by atoms with E-state index in [0.29, 0.717) is 12.5 Å². The first kappa shape index (κ1) is 19.6. The molecule has 0 aliphatic rings. The van der Waals surface area contributed by atoms with E-state index in [1.165, 1.54) is 0 Å². The molecule has 2 heterocycles. The monoisotopic (exact) mass is 378 g/mol. The molecule has 0 unspecified atom stereocenters. The lowest BCUT2D eigenvalue weighted by atomic mass is 10.2. The Bertz CT molecular complexity index is 885. The summed E-state index contributed by atoms with van der Waals surface area (Å²) in [5.41, 5.74) is 2.69. The van der Waals surface area contributed by atoms with Gasteiger partial charge in [0.1, 0.15) is 11.6 Å². The van der Waals surface area contributed by atoms with Gasteiger partial charge >= 0.3 is 0 Å². The van der Waals surface area contributed by atoms with E-state index in [4.69, 9.17) is 4.74 Å². The van der Waals surface area contributed by atoms with Crippen molar-refractivity contribution in [2.75, 3.05) is 44.9 Å². The van der Waals surface area contributed by atoms with Crippen molar-refractivity contribution >= 4 is 11.8 Å². The molecular weight excluding hydrogens is 352 g/mol. The molecule has 0 bridgehead atoms. The lowest BCUT2D eigenvalue weighted by molar-refractivity contribution is 0.414. The largest absolute Gasteiger partial charge is 0.497 e. The summed E-state index contributed by atoms with van der Waals surface area (Å²) in [5, 5.41) is 6.67. The van der Waals surface area contributed by atoms with Gasteiger partial charge in [0.05, 0.1) is 18.5 Å². The number of benzene rings is 1. The molecule has 3 rings (SSSR count).